The van der Waals surface area contributed by atoms with Crippen LogP contribution >= 0.6 is 11.6 Å². The first kappa shape index (κ1) is 9.43. The van der Waals surface area contributed by atoms with Crippen molar-refractivity contribution in [3.63, 3.8) is 0 Å². The molecule has 0 saturated heterocycles. The number of ether oxygens (including phenoxy) is 1. The average Bonchev–Trinajstić information content (AvgIpc) is 2.19. The van der Waals surface area contributed by atoms with Crippen molar-refractivity contribution >= 4 is 17.4 Å². The van der Waals surface area contributed by atoms with Gasteiger partial charge in [-0.3, -0.25) is 4.99 Å². The molecule has 2 heterocycles. The zero-order chi connectivity index (χ0) is 9.97. The number of amidine groups is 1. The molecule has 0 radical (unpaired) electrons. The Morgan fingerprint density at radius 1 is 1.50 bits per heavy atom. The molecular formula is C9H10ClN3O. The predicted octanol–water partition coefficient (Wildman–Crippen LogP) is 1.16. The van der Waals surface area contributed by atoms with Gasteiger partial charge in [-0.15, -0.1) is 0 Å². The Balaban J connectivity index is 2.22. The van der Waals surface area contributed by atoms with Crippen molar-refractivity contribution < 1.29 is 4.74 Å². The van der Waals surface area contributed by atoms with Gasteiger partial charge in [0.15, 0.2) is 0 Å². The summed E-state index contributed by atoms with van der Waals surface area (Å²) in [5, 5.41) is 0.474. The number of hydrogen-bond acceptors (Lipinski definition) is 4. The highest BCUT2D eigenvalue weighted by atomic mass is 35.5. The van der Waals surface area contributed by atoms with Crippen LogP contribution in [0.2, 0.25) is 5.15 Å². The van der Waals surface area contributed by atoms with Gasteiger partial charge in [0.05, 0.1) is 6.61 Å². The van der Waals surface area contributed by atoms with Crippen molar-refractivity contribution in [3.8, 4) is 0 Å². The summed E-state index contributed by atoms with van der Waals surface area (Å²) in [6, 6.07) is 3.57. The van der Waals surface area contributed by atoms with Crippen LogP contribution in [0.1, 0.15) is 11.6 Å². The summed E-state index contributed by atoms with van der Waals surface area (Å²) < 4.78 is 5.26. The van der Waals surface area contributed by atoms with Crippen molar-refractivity contribution in [1.29, 1.82) is 0 Å². The van der Waals surface area contributed by atoms with Crippen molar-refractivity contribution in [2.24, 2.45) is 10.7 Å². The smallest absolute Gasteiger partial charge is 0.129 e. The number of nitrogens with zero attached hydrogens (tertiary/aromatic N) is 2. The summed E-state index contributed by atoms with van der Waals surface area (Å²) in [5.41, 5.74) is 6.54. The Morgan fingerprint density at radius 3 is 3.00 bits per heavy atom. The third-order valence-corrected chi connectivity index (χ3v) is 2.21. The Hall–Kier alpha value is -1.13. The topological polar surface area (TPSA) is 60.5 Å². The van der Waals surface area contributed by atoms with E-state index in [1.54, 1.807) is 12.3 Å². The second-order valence-corrected chi connectivity index (χ2v) is 3.45. The molecule has 0 bridgehead atoms. The monoisotopic (exact) mass is 211 g/mol. The van der Waals surface area contributed by atoms with E-state index in [0.717, 1.165) is 5.56 Å². The Labute approximate surface area is 86.8 Å². The van der Waals surface area contributed by atoms with E-state index in [1.165, 1.54) is 0 Å². The third kappa shape index (κ3) is 2.02. The molecule has 0 aromatic carbocycles. The molecule has 2 rings (SSSR count). The van der Waals surface area contributed by atoms with Crippen LogP contribution in [-0.2, 0) is 4.74 Å². The molecule has 1 aromatic heterocycles. The van der Waals surface area contributed by atoms with Gasteiger partial charge < -0.3 is 10.5 Å². The second-order valence-electron chi connectivity index (χ2n) is 3.07. The molecule has 1 aliphatic rings. The lowest BCUT2D eigenvalue weighted by Gasteiger charge is -2.18. The highest BCUT2D eigenvalue weighted by molar-refractivity contribution is 6.29. The van der Waals surface area contributed by atoms with Gasteiger partial charge in [0.25, 0.3) is 0 Å². The maximum atomic E-state index is 5.68. The molecule has 74 valence electrons. The fourth-order valence-corrected chi connectivity index (χ4v) is 1.42. The van der Waals surface area contributed by atoms with Gasteiger partial charge in [0.2, 0.25) is 0 Å². The van der Waals surface area contributed by atoms with Gasteiger partial charge in [-0.25, -0.2) is 4.98 Å². The SMILES string of the molecule is NC1=N[C@H](c2ccc(Cl)nc2)COC1. The molecule has 14 heavy (non-hydrogen) atoms. The van der Waals surface area contributed by atoms with Crippen LogP contribution in [-0.4, -0.2) is 24.0 Å². The molecule has 2 N–H and O–H groups in total. The van der Waals surface area contributed by atoms with Crippen LogP contribution in [0.25, 0.3) is 0 Å². The molecule has 0 unspecified atom stereocenters. The maximum absolute atomic E-state index is 5.68. The first-order valence-electron chi connectivity index (χ1n) is 4.27. The van der Waals surface area contributed by atoms with Crippen LogP contribution in [0, 0.1) is 0 Å². The van der Waals surface area contributed by atoms with E-state index in [1.807, 2.05) is 6.07 Å². The number of nitrogens with two attached hydrogens (primary N) is 1. The van der Waals surface area contributed by atoms with Crippen molar-refractivity contribution in [2.75, 3.05) is 13.2 Å². The zero-order valence-corrected chi connectivity index (χ0v) is 8.24. The van der Waals surface area contributed by atoms with Crippen molar-refractivity contribution in [3.05, 3.63) is 29.0 Å². The number of aromatic nitrogens is 1. The molecule has 1 aliphatic heterocycles. The van der Waals surface area contributed by atoms with Gasteiger partial charge in [-0.1, -0.05) is 17.7 Å². The van der Waals surface area contributed by atoms with E-state index in [9.17, 15) is 0 Å². The number of pyridine rings is 1. The number of rotatable bonds is 1. The number of aliphatic imine (C=N–C) groups is 1. The molecule has 0 amide bonds. The lowest BCUT2D eigenvalue weighted by atomic mass is 10.1. The second kappa shape index (κ2) is 3.94. The zero-order valence-electron chi connectivity index (χ0n) is 7.48. The highest BCUT2D eigenvalue weighted by Gasteiger charge is 2.15. The van der Waals surface area contributed by atoms with E-state index in [0.29, 0.717) is 24.2 Å². The van der Waals surface area contributed by atoms with Gasteiger partial charge in [-0.2, -0.15) is 0 Å². The minimum absolute atomic E-state index is 0.0477. The van der Waals surface area contributed by atoms with Gasteiger partial charge in [0.1, 0.15) is 23.6 Å². The summed E-state index contributed by atoms with van der Waals surface area (Å²) in [7, 11) is 0. The molecule has 1 atom stereocenters. The Kier molecular flexibility index (Phi) is 2.65. The summed E-state index contributed by atoms with van der Waals surface area (Å²) >= 11 is 5.68. The van der Waals surface area contributed by atoms with E-state index >= 15 is 0 Å². The van der Waals surface area contributed by atoms with E-state index in [4.69, 9.17) is 22.1 Å². The summed E-state index contributed by atoms with van der Waals surface area (Å²) in [4.78, 5) is 8.25. The molecule has 0 spiro atoms. The molecule has 1 aromatic rings. The predicted molar refractivity (Wildman–Crippen MR) is 54.4 cm³/mol. The van der Waals surface area contributed by atoms with Gasteiger partial charge in [0, 0.05) is 6.20 Å². The van der Waals surface area contributed by atoms with Crippen LogP contribution in [0.3, 0.4) is 0 Å². The standard InChI is InChI=1S/C9H10ClN3O/c10-8-2-1-6(3-12-8)7-4-14-5-9(11)13-7/h1-3,7H,4-5H2,(H2,11,13)/t7-/m0/s1. The van der Waals surface area contributed by atoms with E-state index in [2.05, 4.69) is 9.98 Å². The molecule has 5 heteroatoms. The van der Waals surface area contributed by atoms with Crippen molar-refractivity contribution in [1.82, 2.24) is 4.98 Å². The van der Waals surface area contributed by atoms with Gasteiger partial charge in [-0.05, 0) is 11.6 Å². The first-order valence-corrected chi connectivity index (χ1v) is 4.65. The molecule has 0 aliphatic carbocycles. The molecule has 0 saturated carbocycles. The average molecular weight is 212 g/mol. The molecule has 4 nitrogen and oxygen atoms in total. The van der Waals surface area contributed by atoms with Crippen LogP contribution in [0.4, 0.5) is 0 Å². The Morgan fingerprint density at radius 2 is 2.36 bits per heavy atom. The molecular weight excluding hydrogens is 202 g/mol. The summed E-state index contributed by atoms with van der Waals surface area (Å²) in [6.45, 7) is 0.960. The van der Waals surface area contributed by atoms with E-state index < -0.39 is 0 Å². The fraction of sp³-hybridized carbons (Fsp3) is 0.333. The fourth-order valence-electron chi connectivity index (χ4n) is 1.30. The maximum Gasteiger partial charge on any atom is 0.129 e. The quantitative estimate of drug-likeness (QED) is 0.710. The highest BCUT2D eigenvalue weighted by Crippen LogP contribution is 2.20. The third-order valence-electron chi connectivity index (χ3n) is 1.98. The molecule has 0 fully saturated rings. The van der Waals surface area contributed by atoms with Crippen LogP contribution in [0.5, 0.6) is 0 Å². The number of halogens is 1. The lowest BCUT2D eigenvalue weighted by Crippen LogP contribution is -2.27. The minimum Gasteiger partial charge on any atom is -0.386 e. The van der Waals surface area contributed by atoms with Crippen LogP contribution < -0.4 is 5.73 Å². The lowest BCUT2D eigenvalue weighted by molar-refractivity contribution is 0.143. The number of hydrogen-bond donors (Lipinski definition) is 1. The summed E-state index contributed by atoms with van der Waals surface area (Å²) in [6.07, 6.45) is 1.69. The van der Waals surface area contributed by atoms with Gasteiger partial charge >= 0.3 is 0 Å². The van der Waals surface area contributed by atoms with E-state index in [-0.39, 0.29) is 6.04 Å². The normalized spacial score (nSPS) is 21.8. The minimum atomic E-state index is -0.0477. The Bertz CT molecular complexity index is 350. The van der Waals surface area contributed by atoms with Crippen molar-refractivity contribution in [2.45, 2.75) is 6.04 Å². The largest absolute Gasteiger partial charge is 0.386 e. The van der Waals surface area contributed by atoms with Crippen LogP contribution in [0.15, 0.2) is 23.3 Å². The first-order chi connectivity index (χ1) is 6.75. The summed E-state index contributed by atoms with van der Waals surface area (Å²) in [5.74, 6) is 0.524.